The largest absolute Gasteiger partial charge is 0.340 e. The number of rotatable bonds is 2. The van der Waals surface area contributed by atoms with Crippen LogP contribution in [0.15, 0.2) is 18.3 Å². The molecule has 0 unspecified atom stereocenters. The number of nitrogens with zero attached hydrogens (tertiary/aromatic N) is 2. The minimum absolute atomic E-state index is 0.0508. The summed E-state index contributed by atoms with van der Waals surface area (Å²) >= 11 is 0. The summed E-state index contributed by atoms with van der Waals surface area (Å²) in [7, 11) is 0. The quantitative estimate of drug-likeness (QED) is 0.897. The zero-order chi connectivity index (χ0) is 14.9. The topological polar surface area (TPSA) is 62.3 Å². The fraction of sp³-hybridized carbons (Fsp3) is 0.562. The van der Waals surface area contributed by atoms with Crippen LogP contribution < -0.4 is 5.32 Å². The molecule has 0 bridgehead atoms. The van der Waals surface area contributed by atoms with Crippen molar-refractivity contribution in [2.45, 2.75) is 51.1 Å². The number of nitrogens with one attached hydrogen (secondary N) is 1. The van der Waals surface area contributed by atoms with E-state index < -0.39 is 5.54 Å². The van der Waals surface area contributed by atoms with E-state index >= 15 is 0 Å². The van der Waals surface area contributed by atoms with Crippen LogP contribution in [0.4, 0.5) is 0 Å². The molecule has 2 heterocycles. The third-order valence-electron chi connectivity index (χ3n) is 4.58. The molecule has 1 saturated carbocycles. The second-order valence-corrected chi connectivity index (χ2v) is 6.12. The monoisotopic (exact) mass is 287 g/mol. The maximum Gasteiger partial charge on any atom is 0.249 e. The fourth-order valence-corrected chi connectivity index (χ4v) is 3.39. The lowest BCUT2D eigenvalue weighted by Gasteiger charge is -2.44. The van der Waals surface area contributed by atoms with Crippen LogP contribution in [0, 0.1) is 6.92 Å². The van der Waals surface area contributed by atoms with Crippen molar-refractivity contribution in [1.29, 1.82) is 0 Å². The van der Waals surface area contributed by atoms with Gasteiger partial charge in [0.2, 0.25) is 11.8 Å². The van der Waals surface area contributed by atoms with Gasteiger partial charge in [-0.25, -0.2) is 0 Å². The molecule has 1 aliphatic carbocycles. The standard InChI is InChI=1S/C16H21N3O2/c1-12-6-5-9-17-13(12)10-19-11-14(20)18-16(15(19)21)7-3-2-4-8-16/h5-6,9H,2-4,7-8,10-11H2,1H3,(H,18,20). The normalized spacial score (nSPS) is 21.5. The van der Waals surface area contributed by atoms with Crippen molar-refractivity contribution in [3.8, 4) is 0 Å². The van der Waals surface area contributed by atoms with Gasteiger partial charge in [0.1, 0.15) is 12.1 Å². The highest BCUT2D eigenvalue weighted by atomic mass is 16.2. The molecular formula is C16H21N3O2. The van der Waals surface area contributed by atoms with E-state index in [2.05, 4.69) is 10.3 Å². The molecule has 1 spiro atoms. The van der Waals surface area contributed by atoms with Gasteiger partial charge in [0, 0.05) is 6.20 Å². The van der Waals surface area contributed by atoms with E-state index in [1.807, 2.05) is 19.1 Å². The Balaban J connectivity index is 1.83. The smallest absolute Gasteiger partial charge is 0.249 e. The van der Waals surface area contributed by atoms with Crippen molar-refractivity contribution in [3.05, 3.63) is 29.6 Å². The highest BCUT2D eigenvalue weighted by Crippen LogP contribution is 2.32. The van der Waals surface area contributed by atoms with Crippen molar-refractivity contribution < 1.29 is 9.59 Å². The Kier molecular flexibility index (Phi) is 3.66. The Hall–Kier alpha value is -1.91. The minimum Gasteiger partial charge on any atom is -0.340 e. The number of hydrogen-bond donors (Lipinski definition) is 1. The van der Waals surface area contributed by atoms with Gasteiger partial charge in [-0.15, -0.1) is 0 Å². The predicted molar refractivity (Wildman–Crippen MR) is 78.3 cm³/mol. The van der Waals surface area contributed by atoms with E-state index in [0.717, 1.165) is 43.4 Å². The van der Waals surface area contributed by atoms with Crippen LogP contribution >= 0.6 is 0 Å². The number of carbonyl (C=O) groups is 2. The molecule has 1 aromatic rings. The van der Waals surface area contributed by atoms with Gasteiger partial charge in [0.25, 0.3) is 0 Å². The molecule has 21 heavy (non-hydrogen) atoms. The van der Waals surface area contributed by atoms with Crippen LogP contribution in [0.5, 0.6) is 0 Å². The molecule has 5 heteroatoms. The van der Waals surface area contributed by atoms with Crippen molar-refractivity contribution in [2.75, 3.05) is 6.54 Å². The summed E-state index contributed by atoms with van der Waals surface area (Å²) in [6, 6.07) is 3.86. The highest BCUT2D eigenvalue weighted by molar-refractivity contribution is 5.98. The highest BCUT2D eigenvalue weighted by Gasteiger charge is 2.46. The SMILES string of the molecule is Cc1cccnc1CN1CC(=O)NC2(CCCCC2)C1=O. The molecule has 0 atom stereocenters. The molecular weight excluding hydrogens is 266 g/mol. The summed E-state index contributed by atoms with van der Waals surface area (Å²) < 4.78 is 0. The van der Waals surface area contributed by atoms with E-state index in [1.54, 1.807) is 11.1 Å². The summed E-state index contributed by atoms with van der Waals surface area (Å²) in [6.45, 7) is 2.53. The molecule has 2 fully saturated rings. The van der Waals surface area contributed by atoms with Crippen LogP contribution in [0.2, 0.25) is 0 Å². The van der Waals surface area contributed by atoms with Crippen LogP contribution in [0.1, 0.15) is 43.4 Å². The predicted octanol–water partition coefficient (Wildman–Crippen LogP) is 1.55. The van der Waals surface area contributed by atoms with Gasteiger partial charge in [-0.2, -0.15) is 0 Å². The molecule has 2 aliphatic rings. The third kappa shape index (κ3) is 2.64. The number of pyridine rings is 1. The minimum atomic E-state index is -0.656. The Bertz CT molecular complexity index is 564. The molecule has 1 N–H and O–H groups in total. The first-order valence-electron chi connectivity index (χ1n) is 7.62. The Morgan fingerprint density at radius 1 is 1.29 bits per heavy atom. The van der Waals surface area contributed by atoms with Gasteiger partial charge < -0.3 is 10.2 Å². The van der Waals surface area contributed by atoms with Gasteiger partial charge in [-0.1, -0.05) is 25.3 Å². The maximum atomic E-state index is 12.8. The molecule has 5 nitrogen and oxygen atoms in total. The van der Waals surface area contributed by atoms with Crippen molar-refractivity contribution >= 4 is 11.8 Å². The number of aromatic nitrogens is 1. The Morgan fingerprint density at radius 2 is 2.05 bits per heavy atom. The molecule has 1 aliphatic heterocycles. The number of carbonyl (C=O) groups excluding carboxylic acids is 2. The second kappa shape index (κ2) is 5.47. The Labute approximate surface area is 124 Å². The zero-order valence-corrected chi connectivity index (χ0v) is 12.4. The van der Waals surface area contributed by atoms with E-state index in [0.29, 0.717) is 6.54 Å². The zero-order valence-electron chi connectivity index (χ0n) is 12.4. The molecule has 0 radical (unpaired) electrons. The van der Waals surface area contributed by atoms with E-state index in [1.165, 1.54) is 0 Å². The van der Waals surface area contributed by atoms with Crippen LogP contribution in [0.25, 0.3) is 0 Å². The average Bonchev–Trinajstić information content (AvgIpc) is 2.47. The van der Waals surface area contributed by atoms with Gasteiger partial charge >= 0.3 is 0 Å². The number of hydrogen-bond acceptors (Lipinski definition) is 3. The van der Waals surface area contributed by atoms with Crippen LogP contribution in [-0.2, 0) is 16.1 Å². The third-order valence-corrected chi connectivity index (χ3v) is 4.58. The van der Waals surface area contributed by atoms with Crippen LogP contribution in [0.3, 0.4) is 0 Å². The summed E-state index contributed by atoms with van der Waals surface area (Å²) in [6.07, 6.45) is 6.40. The molecule has 2 amide bonds. The van der Waals surface area contributed by atoms with Gasteiger partial charge in [-0.05, 0) is 31.4 Å². The average molecular weight is 287 g/mol. The first-order valence-corrected chi connectivity index (χ1v) is 7.62. The maximum absolute atomic E-state index is 12.8. The number of amides is 2. The van der Waals surface area contributed by atoms with Gasteiger partial charge in [-0.3, -0.25) is 14.6 Å². The summed E-state index contributed by atoms with van der Waals surface area (Å²) in [5, 5.41) is 2.96. The van der Waals surface area contributed by atoms with E-state index in [-0.39, 0.29) is 18.4 Å². The van der Waals surface area contributed by atoms with Gasteiger partial charge in [0.05, 0.1) is 12.2 Å². The van der Waals surface area contributed by atoms with Crippen LogP contribution in [-0.4, -0.2) is 33.8 Å². The summed E-state index contributed by atoms with van der Waals surface area (Å²) in [5.74, 6) is 0.0111. The summed E-state index contributed by atoms with van der Waals surface area (Å²) in [5.41, 5.74) is 1.26. The van der Waals surface area contributed by atoms with E-state index in [9.17, 15) is 9.59 Å². The molecule has 1 aromatic heterocycles. The number of piperazine rings is 1. The lowest BCUT2D eigenvalue weighted by atomic mass is 9.79. The molecule has 112 valence electrons. The lowest BCUT2D eigenvalue weighted by molar-refractivity contribution is -0.152. The van der Waals surface area contributed by atoms with Gasteiger partial charge in [0.15, 0.2) is 0 Å². The molecule has 1 saturated heterocycles. The Morgan fingerprint density at radius 3 is 2.76 bits per heavy atom. The van der Waals surface area contributed by atoms with Crippen molar-refractivity contribution in [3.63, 3.8) is 0 Å². The first kappa shape index (κ1) is 14.0. The van der Waals surface area contributed by atoms with E-state index in [4.69, 9.17) is 0 Å². The fourth-order valence-electron chi connectivity index (χ4n) is 3.39. The molecule has 0 aromatic carbocycles. The second-order valence-electron chi connectivity index (χ2n) is 6.12. The molecule has 3 rings (SSSR count). The summed E-state index contributed by atoms with van der Waals surface area (Å²) in [4.78, 5) is 30.9. The van der Waals surface area contributed by atoms with Crippen molar-refractivity contribution in [2.24, 2.45) is 0 Å². The first-order chi connectivity index (χ1) is 10.1. The lowest BCUT2D eigenvalue weighted by Crippen LogP contribution is -2.66. The number of aryl methyl sites for hydroxylation is 1. The van der Waals surface area contributed by atoms with Crippen molar-refractivity contribution in [1.82, 2.24) is 15.2 Å².